The van der Waals surface area contributed by atoms with Gasteiger partial charge in [0, 0.05) is 35.4 Å². The first kappa shape index (κ1) is 14.0. The highest BCUT2D eigenvalue weighted by atomic mass is 32.2. The van der Waals surface area contributed by atoms with Crippen LogP contribution in [0.15, 0.2) is 47.6 Å². The highest BCUT2D eigenvalue weighted by Crippen LogP contribution is 2.20. The van der Waals surface area contributed by atoms with Crippen LogP contribution in [0.5, 0.6) is 0 Å². The fraction of sp³-hybridized carbons (Fsp3) is 0.333. The Morgan fingerprint density at radius 3 is 2.42 bits per heavy atom. The molecular weight excluding hydrogens is 254 g/mol. The van der Waals surface area contributed by atoms with Crippen molar-refractivity contribution in [1.29, 1.82) is 0 Å². The number of hydrogen-bond acceptors (Lipinski definition) is 4. The molecule has 0 fully saturated rings. The van der Waals surface area contributed by atoms with Crippen LogP contribution in [0.1, 0.15) is 25.2 Å². The van der Waals surface area contributed by atoms with E-state index in [1.807, 2.05) is 30.6 Å². The van der Waals surface area contributed by atoms with Crippen LogP contribution in [-0.4, -0.2) is 16.0 Å². The summed E-state index contributed by atoms with van der Waals surface area (Å²) >= 11 is 1.76. The minimum Gasteiger partial charge on any atom is -0.310 e. The maximum Gasteiger partial charge on any atom is 0.138 e. The Labute approximate surface area is 118 Å². The van der Waals surface area contributed by atoms with Crippen LogP contribution in [0.25, 0.3) is 0 Å². The number of nitrogens with one attached hydrogen (secondary N) is 1. The molecule has 4 heteroatoms. The van der Waals surface area contributed by atoms with E-state index >= 15 is 0 Å². The first-order valence-electron chi connectivity index (χ1n) is 6.45. The molecule has 0 aliphatic heterocycles. The summed E-state index contributed by atoms with van der Waals surface area (Å²) in [6.45, 7) is 5.08. The predicted molar refractivity (Wildman–Crippen MR) is 80.0 cm³/mol. The average molecular weight is 273 g/mol. The van der Waals surface area contributed by atoms with Crippen LogP contribution in [0.4, 0.5) is 0 Å². The monoisotopic (exact) mass is 273 g/mol. The van der Waals surface area contributed by atoms with Crippen molar-refractivity contribution in [2.75, 3.05) is 0 Å². The minimum absolute atomic E-state index is 0.480. The van der Waals surface area contributed by atoms with Gasteiger partial charge in [0.2, 0.25) is 0 Å². The van der Waals surface area contributed by atoms with Crippen molar-refractivity contribution in [3.8, 4) is 0 Å². The smallest absolute Gasteiger partial charge is 0.138 e. The maximum atomic E-state index is 4.40. The molecule has 0 radical (unpaired) electrons. The van der Waals surface area contributed by atoms with E-state index in [1.54, 1.807) is 11.8 Å². The van der Waals surface area contributed by atoms with Gasteiger partial charge in [0.15, 0.2) is 0 Å². The molecule has 0 aliphatic carbocycles. The Morgan fingerprint density at radius 1 is 1.11 bits per heavy atom. The van der Waals surface area contributed by atoms with Gasteiger partial charge >= 0.3 is 0 Å². The number of nitrogens with zero attached hydrogens (tertiary/aromatic N) is 2. The standard InChI is InChI=1S/C15H19N3S/c1-12(2)16-8-13-9-17-15(18-10-13)11-19-14-6-4-3-5-7-14/h3-7,9-10,12,16H,8,11H2,1-2H3. The summed E-state index contributed by atoms with van der Waals surface area (Å²) in [5.41, 5.74) is 1.13. The third-order valence-electron chi connectivity index (χ3n) is 2.58. The summed E-state index contributed by atoms with van der Waals surface area (Å²) in [5, 5.41) is 3.35. The lowest BCUT2D eigenvalue weighted by atomic mass is 10.3. The molecule has 0 unspecified atom stereocenters. The predicted octanol–water partition coefficient (Wildman–Crippen LogP) is 3.27. The summed E-state index contributed by atoms with van der Waals surface area (Å²) in [4.78, 5) is 10.0. The van der Waals surface area contributed by atoms with Gasteiger partial charge in [0.25, 0.3) is 0 Å². The molecule has 0 amide bonds. The van der Waals surface area contributed by atoms with Crippen molar-refractivity contribution in [3.63, 3.8) is 0 Å². The van der Waals surface area contributed by atoms with E-state index in [9.17, 15) is 0 Å². The summed E-state index contributed by atoms with van der Waals surface area (Å²) in [6.07, 6.45) is 3.81. The topological polar surface area (TPSA) is 37.8 Å². The number of aromatic nitrogens is 2. The molecule has 1 aromatic heterocycles. The van der Waals surface area contributed by atoms with Crippen LogP contribution in [-0.2, 0) is 12.3 Å². The van der Waals surface area contributed by atoms with E-state index in [1.165, 1.54) is 4.90 Å². The average Bonchev–Trinajstić information content (AvgIpc) is 2.45. The molecule has 2 rings (SSSR count). The van der Waals surface area contributed by atoms with Crippen molar-refractivity contribution in [2.24, 2.45) is 0 Å². The Kier molecular flexibility index (Phi) is 5.36. The summed E-state index contributed by atoms with van der Waals surface area (Å²) in [5.74, 6) is 1.68. The highest BCUT2D eigenvalue weighted by Gasteiger charge is 2.00. The number of rotatable bonds is 6. The summed E-state index contributed by atoms with van der Waals surface area (Å²) in [6, 6.07) is 10.8. The number of hydrogen-bond donors (Lipinski definition) is 1. The van der Waals surface area contributed by atoms with Gasteiger partial charge in [-0.05, 0) is 12.1 Å². The van der Waals surface area contributed by atoms with Crippen LogP contribution >= 0.6 is 11.8 Å². The zero-order chi connectivity index (χ0) is 13.5. The van der Waals surface area contributed by atoms with Gasteiger partial charge in [-0.1, -0.05) is 32.0 Å². The molecule has 100 valence electrons. The molecule has 0 saturated heterocycles. The van der Waals surface area contributed by atoms with Crippen molar-refractivity contribution in [3.05, 3.63) is 54.1 Å². The van der Waals surface area contributed by atoms with Gasteiger partial charge in [0.1, 0.15) is 5.82 Å². The molecule has 0 saturated carbocycles. The van der Waals surface area contributed by atoms with Crippen molar-refractivity contribution < 1.29 is 0 Å². The van der Waals surface area contributed by atoms with Crippen molar-refractivity contribution >= 4 is 11.8 Å². The van der Waals surface area contributed by atoms with Gasteiger partial charge < -0.3 is 5.32 Å². The Hall–Kier alpha value is -1.39. The quantitative estimate of drug-likeness (QED) is 0.820. The number of benzene rings is 1. The van der Waals surface area contributed by atoms with Gasteiger partial charge in [-0.2, -0.15) is 0 Å². The normalized spacial score (nSPS) is 10.9. The first-order valence-corrected chi connectivity index (χ1v) is 7.43. The highest BCUT2D eigenvalue weighted by molar-refractivity contribution is 7.98. The molecular formula is C15H19N3S. The lowest BCUT2D eigenvalue weighted by Gasteiger charge is -2.07. The van der Waals surface area contributed by atoms with Crippen LogP contribution in [0.2, 0.25) is 0 Å². The zero-order valence-electron chi connectivity index (χ0n) is 11.3. The maximum absolute atomic E-state index is 4.40. The minimum atomic E-state index is 0.480. The Morgan fingerprint density at radius 2 is 1.79 bits per heavy atom. The van der Waals surface area contributed by atoms with Crippen molar-refractivity contribution in [2.45, 2.75) is 37.1 Å². The van der Waals surface area contributed by atoms with Gasteiger partial charge in [0.05, 0.1) is 5.75 Å². The Bertz CT molecular complexity index is 483. The SMILES string of the molecule is CC(C)NCc1cnc(CSc2ccccc2)nc1. The molecule has 0 aliphatic rings. The van der Waals surface area contributed by atoms with Gasteiger partial charge in [-0.25, -0.2) is 9.97 Å². The van der Waals surface area contributed by atoms with E-state index in [0.717, 1.165) is 23.7 Å². The van der Waals surface area contributed by atoms with E-state index in [0.29, 0.717) is 6.04 Å². The fourth-order valence-electron chi connectivity index (χ4n) is 1.53. The van der Waals surface area contributed by atoms with Crippen LogP contribution < -0.4 is 5.32 Å². The molecule has 0 bridgehead atoms. The van der Waals surface area contributed by atoms with Gasteiger partial charge in [-0.15, -0.1) is 11.8 Å². The second kappa shape index (κ2) is 7.26. The molecule has 0 spiro atoms. The molecule has 2 aromatic rings. The third kappa shape index (κ3) is 5.01. The van der Waals surface area contributed by atoms with Crippen LogP contribution in [0.3, 0.4) is 0 Å². The number of thioether (sulfide) groups is 1. The second-order valence-corrected chi connectivity index (χ2v) is 5.69. The molecule has 1 heterocycles. The van der Waals surface area contributed by atoms with E-state index in [4.69, 9.17) is 0 Å². The van der Waals surface area contributed by atoms with E-state index < -0.39 is 0 Å². The lowest BCUT2D eigenvalue weighted by Crippen LogP contribution is -2.22. The van der Waals surface area contributed by atoms with E-state index in [2.05, 4.69) is 41.3 Å². The zero-order valence-corrected chi connectivity index (χ0v) is 12.2. The lowest BCUT2D eigenvalue weighted by molar-refractivity contribution is 0.586. The van der Waals surface area contributed by atoms with E-state index in [-0.39, 0.29) is 0 Å². The van der Waals surface area contributed by atoms with Crippen LogP contribution in [0, 0.1) is 0 Å². The van der Waals surface area contributed by atoms with Crippen molar-refractivity contribution in [1.82, 2.24) is 15.3 Å². The van der Waals surface area contributed by atoms with Gasteiger partial charge in [-0.3, -0.25) is 0 Å². The molecule has 0 atom stereocenters. The second-order valence-electron chi connectivity index (χ2n) is 4.64. The Balaban J connectivity index is 1.85. The first-order chi connectivity index (χ1) is 9.24. The summed E-state index contributed by atoms with van der Waals surface area (Å²) < 4.78 is 0. The summed E-state index contributed by atoms with van der Waals surface area (Å²) in [7, 11) is 0. The molecule has 3 nitrogen and oxygen atoms in total. The fourth-order valence-corrected chi connectivity index (χ4v) is 2.33. The molecule has 19 heavy (non-hydrogen) atoms. The third-order valence-corrected chi connectivity index (χ3v) is 3.59. The molecule has 1 aromatic carbocycles. The largest absolute Gasteiger partial charge is 0.310 e. The molecule has 1 N–H and O–H groups in total.